The summed E-state index contributed by atoms with van der Waals surface area (Å²) >= 11 is 20.2. The molecular formula is C60H43Br6Ir5N10-5. The van der Waals surface area contributed by atoms with Gasteiger partial charge in [-0.2, -0.15) is 105 Å². The standard InChI is InChI=1S/C17H14BrN2.C15H10BrN2.C10H8BrN2.C9H5Br2N2.C9H6BrN2.5Ir/c1-12-7-6-8-13(2)17(12)15-11-16(18)19-20(15)14-9-4-3-5-10-14;16-15-10-11-18(17-15)14-8-6-13(7-9-14)12-4-2-1-3-5-12;1-13-10(11)7-9(12-13)8-5-3-2-4-6-8;10-7-2-1-3-8(6-7)13-5-4-9(11)12-13;10-8-6-11-12(7-8)9-4-2-1-3-5-9;;;;;/h3-9,11H,1-2H3;1-8,10-11H;2-5,7H,1H3;1-2,4-6H;1-4,6-7H;;;;;/q5*-1;;;;;. The second-order valence-corrected chi connectivity index (χ2v) is 21.3. The van der Waals surface area contributed by atoms with Gasteiger partial charge in [0.25, 0.3) is 0 Å². The maximum absolute atomic E-state index is 4.54. The van der Waals surface area contributed by atoms with Gasteiger partial charge in [-0.25, -0.2) is 5.10 Å². The number of aromatic nitrogens is 10. The maximum atomic E-state index is 4.54. The SMILES string of the molecule is Brc1cc[c-]c(-n2ccc(Br)n2)c1.Brc1ccn(-c2[c-]cc(-c3ccccc3)cc2)n1.Brc1cnn(-c2[c-]cccc2)c1.Cc1cccc(C)c1-c1cc(Br)nn1-c1[c-]cccc1.Cn1nc(-c2[c-]cccc2)cc1Br.[Ir].[Ir].[Ir].[Ir].[Ir]. The van der Waals surface area contributed by atoms with Crippen LogP contribution in [0.5, 0.6) is 0 Å². The molecule has 0 aliphatic heterocycles. The normalized spacial score (nSPS) is 9.79. The van der Waals surface area contributed by atoms with Crippen molar-refractivity contribution in [2.75, 3.05) is 0 Å². The van der Waals surface area contributed by atoms with Gasteiger partial charge in [-0.05, 0) is 152 Å². The Bertz CT molecular complexity index is 3690. The van der Waals surface area contributed by atoms with Crippen molar-refractivity contribution in [2.45, 2.75) is 13.8 Å². The predicted octanol–water partition coefficient (Wildman–Crippen LogP) is 17.1. The minimum absolute atomic E-state index is 0. The summed E-state index contributed by atoms with van der Waals surface area (Å²) in [5.74, 6) is 0. The first-order valence-electron chi connectivity index (χ1n) is 23.2. The summed E-state index contributed by atoms with van der Waals surface area (Å²) < 4.78 is 14.5. The molecule has 0 saturated heterocycles. The Balaban J connectivity index is 0.000000265. The first-order valence-corrected chi connectivity index (χ1v) is 27.9. The Hall–Kier alpha value is -3.28. The molecule has 0 N–H and O–H groups in total. The van der Waals surface area contributed by atoms with E-state index in [1.165, 1.54) is 22.3 Å². The summed E-state index contributed by atoms with van der Waals surface area (Å²) in [6.07, 6.45) is 7.42. The maximum Gasteiger partial charge on any atom is 0.129 e. The number of hydrogen-bond donors (Lipinski definition) is 0. The van der Waals surface area contributed by atoms with Gasteiger partial charge in [0.2, 0.25) is 0 Å². The molecule has 12 rings (SSSR count). The zero-order valence-corrected chi connectivity index (χ0v) is 64.0. The zero-order chi connectivity index (χ0) is 53.4. The van der Waals surface area contributed by atoms with E-state index in [2.05, 4.69) is 208 Å². The fourth-order valence-corrected chi connectivity index (χ4v) is 9.22. The molecule has 0 aliphatic carbocycles. The molecule has 0 fully saturated rings. The molecule has 0 saturated carbocycles. The van der Waals surface area contributed by atoms with Gasteiger partial charge >= 0.3 is 0 Å². The third-order valence-electron chi connectivity index (χ3n) is 10.9. The van der Waals surface area contributed by atoms with Gasteiger partial charge in [-0.1, -0.05) is 74.5 Å². The summed E-state index contributed by atoms with van der Waals surface area (Å²) in [6.45, 7) is 4.25. The van der Waals surface area contributed by atoms with Crippen molar-refractivity contribution in [3.63, 3.8) is 0 Å². The van der Waals surface area contributed by atoms with Crippen LogP contribution in [0.1, 0.15) is 11.1 Å². The van der Waals surface area contributed by atoms with Crippen LogP contribution in [0.2, 0.25) is 0 Å². The van der Waals surface area contributed by atoms with Crippen LogP contribution in [0.4, 0.5) is 0 Å². The van der Waals surface area contributed by atoms with Crippen LogP contribution in [-0.2, 0) is 108 Å². The molecule has 425 valence electrons. The van der Waals surface area contributed by atoms with E-state index in [1.54, 1.807) is 24.9 Å². The smallest absolute Gasteiger partial charge is 0.129 e. The first kappa shape index (κ1) is 72.0. The summed E-state index contributed by atoms with van der Waals surface area (Å²) in [5.41, 5.74) is 12.8. The number of hydrogen-bond acceptors (Lipinski definition) is 5. The van der Waals surface area contributed by atoms with Crippen LogP contribution in [-0.4, -0.2) is 48.9 Å². The molecule has 0 unspecified atom stereocenters. The van der Waals surface area contributed by atoms with E-state index < -0.39 is 0 Å². The van der Waals surface area contributed by atoms with Gasteiger partial charge in [0, 0.05) is 137 Å². The monoisotopic (exact) mass is 2340 g/mol. The van der Waals surface area contributed by atoms with Gasteiger partial charge in [-0.15, -0.1) is 65.7 Å². The Morgan fingerprint density at radius 2 is 1.01 bits per heavy atom. The number of halogens is 6. The Morgan fingerprint density at radius 3 is 1.52 bits per heavy atom. The molecular weight excluding hydrogens is 2300 g/mol. The third kappa shape index (κ3) is 21.3. The van der Waals surface area contributed by atoms with Crippen molar-refractivity contribution in [2.24, 2.45) is 7.05 Å². The van der Waals surface area contributed by atoms with Crippen molar-refractivity contribution < 1.29 is 101 Å². The van der Waals surface area contributed by atoms with Crippen LogP contribution in [0.3, 0.4) is 0 Å². The second-order valence-electron chi connectivity index (χ2n) is 16.3. The molecule has 0 aliphatic rings. The number of benzene rings is 7. The van der Waals surface area contributed by atoms with E-state index in [0.717, 1.165) is 72.6 Å². The van der Waals surface area contributed by atoms with Crippen LogP contribution in [0, 0.1) is 44.2 Å². The van der Waals surface area contributed by atoms with Gasteiger partial charge < -0.3 is 0 Å². The number of rotatable bonds is 7. The van der Waals surface area contributed by atoms with Crippen LogP contribution >= 0.6 is 95.6 Å². The average molecular weight is 2340 g/mol. The van der Waals surface area contributed by atoms with E-state index in [4.69, 9.17) is 0 Å². The van der Waals surface area contributed by atoms with Crippen LogP contribution < -0.4 is 0 Å². The molecule has 5 aromatic heterocycles. The van der Waals surface area contributed by atoms with Crippen molar-refractivity contribution in [1.82, 2.24) is 48.9 Å². The molecule has 0 spiro atoms. The molecule has 5 radical (unpaired) electrons. The number of para-hydroxylation sites is 2. The first-order chi connectivity index (χ1) is 36.9. The van der Waals surface area contributed by atoms with Crippen molar-refractivity contribution >= 4 is 95.6 Å². The Labute approximate surface area is 590 Å². The predicted molar refractivity (Wildman–Crippen MR) is 324 cm³/mol. The summed E-state index contributed by atoms with van der Waals surface area (Å²) in [4.78, 5) is 0. The number of aryl methyl sites for hydroxylation is 3. The zero-order valence-electron chi connectivity index (χ0n) is 42.5. The quantitative estimate of drug-likeness (QED) is 0.148. The summed E-state index contributed by atoms with van der Waals surface area (Å²) in [5, 5.41) is 21.5. The van der Waals surface area contributed by atoms with Gasteiger partial charge in [0.15, 0.2) is 0 Å². The summed E-state index contributed by atoms with van der Waals surface area (Å²) in [6, 6.07) is 75.4. The molecule has 81 heavy (non-hydrogen) atoms. The second kappa shape index (κ2) is 36.5. The molecule has 5 heterocycles. The van der Waals surface area contributed by atoms with E-state index in [0.29, 0.717) is 0 Å². The van der Waals surface area contributed by atoms with Gasteiger partial charge in [-0.3, -0.25) is 23.4 Å². The van der Waals surface area contributed by atoms with Crippen LogP contribution in [0.15, 0.2) is 234 Å². The molecule has 0 bridgehead atoms. The van der Waals surface area contributed by atoms with E-state index in [-0.39, 0.29) is 101 Å². The molecule has 7 aromatic carbocycles. The van der Waals surface area contributed by atoms with Crippen molar-refractivity contribution in [1.29, 1.82) is 0 Å². The molecule has 21 heteroatoms. The molecule has 12 aromatic rings. The summed E-state index contributed by atoms with van der Waals surface area (Å²) in [7, 11) is 1.90. The Kier molecular flexibility index (Phi) is 32.5. The largest absolute Gasteiger partial charge is 0.271 e. The van der Waals surface area contributed by atoms with Crippen molar-refractivity contribution in [3.8, 4) is 56.4 Å². The van der Waals surface area contributed by atoms with Crippen molar-refractivity contribution in [3.05, 3.63) is 276 Å². The Morgan fingerprint density at radius 1 is 0.432 bits per heavy atom. The number of nitrogens with zero attached hydrogens (tertiary/aromatic N) is 10. The van der Waals surface area contributed by atoms with E-state index >= 15 is 0 Å². The topological polar surface area (TPSA) is 89.1 Å². The average Bonchev–Trinajstić information content (AvgIpc) is 4.36. The fourth-order valence-electron chi connectivity index (χ4n) is 7.34. The minimum atomic E-state index is 0. The van der Waals surface area contributed by atoms with E-state index in [1.807, 2.05) is 170 Å². The van der Waals surface area contributed by atoms with Gasteiger partial charge in [0.05, 0.1) is 21.0 Å². The third-order valence-corrected chi connectivity index (χ3v) is 13.8. The van der Waals surface area contributed by atoms with Crippen LogP contribution in [0.25, 0.3) is 56.4 Å². The molecule has 0 amide bonds. The fraction of sp³-hybridized carbons (Fsp3) is 0.0500. The minimum Gasteiger partial charge on any atom is -0.271 e. The van der Waals surface area contributed by atoms with Gasteiger partial charge in [0.1, 0.15) is 13.8 Å². The van der Waals surface area contributed by atoms with E-state index in [9.17, 15) is 0 Å². The molecule has 0 atom stereocenters. The molecule has 10 nitrogen and oxygen atoms in total.